The third-order valence-corrected chi connectivity index (χ3v) is 4.36. The molecule has 0 fully saturated rings. The quantitative estimate of drug-likeness (QED) is 0.446. The molecule has 2 aromatic carbocycles. The molecule has 158 valence electrons. The van der Waals surface area contributed by atoms with Crippen molar-refractivity contribution in [3.8, 4) is 0 Å². The maximum atomic E-state index is 12.6. The Morgan fingerprint density at radius 1 is 0.806 bits per heavy atom. The Labute approximate surface area is 169 Å². The normalized spacial score (nSPS) is 10.6. The molecule has 0 bridgehead atoms. The maximum absolute atomic E-state index is 12.6. The second kappa shape index (κ2) is 7.47. The van der Waals surface area contributed by atoms with Crippen LogP contribution in [0.5, 0.6) is 0 Å². The molecular weight excluding hydrogens is 420 g/mol. The van der Waals surface area contributed by atoms with Crippen LogP contribution in [0.3, 0.4) is 0 Å². The number of fused-ring (bicyclic) bond motifs is 1. The van der Waals surface area contributed by atoms with Gasteiger partial charge in [0.1, 0.15) is 11.2 Å². The van der Waals surface area contributed by atoms with Gasteiger partial charge in [-0.3, -0.25) is 49.8 Å². The van der Waals surface area contributed by atoms with Crippen LogP contribution in [0.4, 0.5) is 34.1 Å². The fourth-order valence-electron chi connectivity index (χ4n) is 2.99. The third kappa shape index (κ3) is 3.57. The van der Waals surface area contributed by atoms with E-state index in [2.05, 4.69) is 5.32 Å². The molecule has 3 rings (SSSR count). The summed E-state index contributed by atoms with van der Waals surface area (Å²) in [7, 11) is 1.06. The molecule has 1 N–H and O–H groups in total. The van der Waals surface area contributed by atoms with E-state index in [9.17, 15) is 45.3 Å². The van der Waals surface area contributed by atoms with Crippen molar-refractivity contribution < 1.29 is 19.7 Å². The summed E-state index contributed by atoms with van der Waals surface area (Å²) in [5, 5.41) is 47.4. The maximum Gasteiger partial charge on any atom is 0.357 e. The van der Waals surface area contributed by atoms with Gasteiger partial charge in [0.15, 0.2) is 0 Å². The van der Waals surface area contributed by atoms with Gasteiger partial charge in [-0.15, -0.1) is 0 Å². The van der Waals surface area contributed by atoms with Crippen molar-refractivity contribution in [2.75, 3.05) is 5.32 Å². The number of nitrogens with one attached hydrogen (secondary N) is 1. The van der Waals surface area contributed by atoms with E-state index in [0.717, 1.165) is 25.2 Å². The molecule has 1 aromatic heterocycles. The van der Waals surface area contributed by atoms with Gasteiger partial charge in [-0.25, -0.2) is 0 Å². The highest BCUT2D eigenvalue weighted by Crippen LogP contribution is 2.39. The summed E-state index contributed by atoms with van der Waals surface area (Å²) in [6.45, 7) is 0. The van der Waals surface area contributed by atoms with E-state index in [1.54, 1.807) is 0 Å². The number of nitro groups is 4. The van der Waals surface area contributed by atoms with E-state index in [4.69, 9.17) is 0 Å². The molecule has 0 spiro atoms. The summed E-state index contributed by atoms with van der Waals surface area (Å²) < 4.78 is 0.663. The lowest BCUT2D eigenvalue weighted by atomic mass is 10.1. The van der Waals surface area contributed by atoms with Gasteiger partial charge in [0.2, 0.25) is 0 Å². The number of rotatable bonds is 6. The van der Waals surface area contributed by atoms with Gasteiger partial charge in [0.05, 0.1) is 25.8 Å². The van der Waals surface area contributed by atoms with Crippen LogP contribution in [-0.2, 0) is 7.05 Å². The molecule has 15 nitrogen and oxygen atoms in total. The molecule has 0 atom stereocenters. The minimum Gasteiger partial charge on any atom is -0.349 e. The average molecular weight is 430 g/mol. The van der Waals surface area contributed by atoms with E-state index in [-0.39, 0.29) is 22.3 Å². The van der Waals surface area contributed by atoms with Gasteiger partial charge in [-0.05, 0) is 12.1 Å². The van der Waals surface area contributed by atoms with Gasteiger partial charge in [-0.2, -0.15) is 0 Å². The van der Waals surface area contributed by atoms with Gasteiger partial charge in [0, 0.05) is 36.3 Å². The number of benzene rings is 2. The molecule has 0 amide bonds. The number of nitro benzene ring substituents is 3. The summed E-state index contributed by atoms with van der Waals surface area (Å²) in [6.07, 6.45) is 0. The van der Waals surface area contributed by atoms with Crippen molar-refractivity contribution >= 4 is 45.0 Å². The molecule has 3 aromatic rings. The molecular formula is C16H10N6O9. The molecule has 0 aliphatic rings. The second-order valence-electron chi connectivity index (χ2n) is 6.15. The van der Waals surface area contributed by atoms with Gasteiger partial charge >= 0.3 is 16.9 Å². The Hall–Kier alpha value is -4.95. The van der Waals surface area contributed by atoms with Crippen LogP contribution in [0.15, 0.2) is 41.2 Å². The zero-order chi connectivity index (χ0) is 23.0. The zero-order valence-corrected chi connectivity index (χ0v) is 15.4. The van der Waals surface area contributed by atoms with E-state index in [0.29, 0.717) is 10.6 Å². The lowest BCUT2D eigenvalue weighted by Crippen LogP contribution is -2.22. The molecule has 0 saturated heterocycles. The average Bonchev–Trinajstić information content (AvgIpc) is 2.70. The minimum atomic E-state index is -1.20. The monoisotopic (exact) mass is 430 g/mol. The standard InChI is InChI=1S/C16H10N6O9/c1-18-14-11(6-10(20(26)27)7-12(14)21(28)29)13(15(16(18)23)22(30)31)17-8-2-4-9(5-3-8)19(24)25/h2-7,17H,1H3. The second-order valence-corrected chi connectivity index (χ2v) is 6.15. The molecule has 1 heterocycles. The number of anilines is 2. The Bertz CT molecular complexity index is 1350. The lowest BCUT2D eigenvalue weighted by molar-refractivity contribution is -0.393. The van der Waals surface area contributed by atoms with E-state index >= 15 is 0 Å². The number of hydrogen-bond acceptors (Lipinski definition) is 10. The highest BCUT2D eigenvalue weighted by atomic mass is 16.6. The van der Waals surface area contributed by atoms with Gasteiger partial charge in [-0.1, -0.05) is 0 Å². The Kier molecular flexibility index (Phi) is 5.00. The Morgan fingerprint density at radius 2 is 1.39 bits per heavy atom. The molecule has 0 unspecified atom stereocenters. The highest BCUT2D eigenvalue weighted by Gasteiger charge is 2.31. The summed E-state index contributed by atoms with van der Waals surface area (Å²) in [6, 6.07) is 6.06. The molecule has 0 radical (unpaired) electrons. The van der Waals surface area contributed by atoms with Crippen LogP contribution in [0.1, 0.15) is 0 Å². The van der Waals surface area contributed by atoms with Crippen LogP contribution in [0, 0.1) is 40.5 Å². The van der Waals surface area contributed by atoms with Crippen LogP contribution in [-0.4, -0.2) is 24.3 Å². The van der Waals surface area contributed by atoms with E-state index in [1.165, 1.54) is 12.1 Å². The smallest absolute Gasteiger partial charge is 0.349 e. The van der Waals surface area contributed by atoms with Crippen LogP contribution in [0.25, 0.3) is 10.9 Å². The Morgan fingerprint density at radius 3 is 1.87 bits per heavy atom. The summed E-state index contributed by atoms with van der Waals surface area (Å²) in [5.74, 6) is 0. The van der Waals surface area contributed by atoms with E-state index in [1.807, 2.05) is 0 Å². The summed E-state index contributed by atoms with van der Waals surface area (Å²) in [4.78, 5) is 54.2. The van der Waals surface area contributed by atoms with Crippen LogP contribution < -0.4 is 10.9 Å². The van der Waals surface area contributed by atoms with Crippen molar-refractivity contribution in [3.63, 3.8) is 0 Å². The topological polar surface area (TPSA) is 207 Å². The molecule has 0 saturated carbocycles. The number of pyridine rings is 1. The molecule has 0 aliphatic heterocycles. The van der Waals surface area contributed by atoms with Gasteiger partial charge in [0.25, 0.3) is 11.4 Å². The number of aromatic nitrogens is 1. The first-order valence-electron chi connectivity index (χ1n) is 8.18. The minimum absolute atomic E-state index is 0.0670. The number of nitrogens with zero attached hydrogens (tertiary/aromatic N) is 5. The number of aryl methyl sites for hydroxylation is 1. The molecule has 15 heteroatoms. The SMILES string of the molecule is Cn1c(=O)c([N+](=O)[O-])c(Nc2ccc([N+](=O)[O-])cc2)c2cc([N+](=O)[O-])cc([N+](=O)[O-])c21. The largest absolute Gasteiger partial charge is 0.357 e. The van der Waals surface area contributed by atoms with Crippen molar-refractivity contribution in [2.45, 2.75) is 0 Å². The highest BCUT2D eigenvalue weighted by molar-refractivity contribution is 6.03. The summed E-state index contributed by atoms with van der Waals surface area (Å²) >= 11 is 0. The fourth-order valence-corrected chi connectivity index (χ4v) is 2.99. The lowest BCUT2D eigenvalue weighted by Gasteiger charge is -2.13. The predicted octanol–water partition coefficient (Wildman–Crippen LogP) is 2.91. The predicted molar refractivity (Wildman–Crippen MR) is 106 cm³/mol. The van der Waals surface area contributed by atoms with Crippen molar-refractivity contribution in [2.24, 2.45) is 7.05 Å². The first-order valence-corrected chi connectivity index (χ1v) is 8.18. The molecule has 31 heavy (non-hydrogen) atoms. The Balaban J connectivity index is 2.42. The third-order valence-electron chi connectivity index (χ3n) is 4.36. The zero-order valence-electron chi connectivity index (χ0n) is 15.4. The van der Waals surface area contributed by atoms with Crippen molar-refractivity contribution in [1.82, 2.24) is 4.57 Å². The number of hydrogen-bond donors (Lipinski definition) is 1. The fraction of sp³-hybridized carbons (Fsp3) is 0.0625. The van der Waals surface area contributed by atoms with E-state index < -0.39 is 48.0 Å². The first-order chi connectivity index (χ1) is 14.5. The number of non-ortho nitro benzene ring substituents is 3. The van der Waals surface area contributed by atoms with Crippen LogP contribution >= 0.6 is 0 Å². The van der Waals surface area contributed by atoms with Crippen LogP contribution in [0.2, 0.25) is 0 Å². The summed E-state index contributed by atoms with van der Waals surface area (Å²) in [5.41, 5.74) is -4.84. The van der Waals surface area contributed by atoms with Gasteiger partial charge < -0.3 is 5.32 Å². The van der Waals surface area contributed by atoms with Crippen molar-refractivity contribution in [3.05, 3.63) is 87.2 Å². The molecule has 0 aliphatic carbocycles. The first kappa shape index (κ1) is 20.8. The van der Waals surface area contributed by atoms with Crippen molar-refractivity contribution in [1.29, 1.82) is 0 Å².